The molecule has 3 aromatic carbocycles. The number of amides is 1. The first-order valence-electron chi connectivity index (χ1n) is 24.0. The summed E-state index contributed by atoms with van der Waals surface area (Å²) < 4.78 is 15.0. The van der Waals surface area contributed by atoms with E-state index in [2.05, 4.69) is 20.0 Å². The molecule has 18 nitrogen and oxygen atoms in total. The Balaban J connectivity index is 0.742. The normalized spacial score (nSPS) is 18.3. The van der Waals surface area contributed by atoms with E-state index in [1.54, 1.807) is 46.7 Å². The Bertz CT molecular complexity index is 3200. The first-order chi connectivity index (χ1) is 33.7. The number of carbonyl (C=O) groups excluding carboxylic acids is 3. The van der Waals surface area contributed by atoms with Crippen molar-refractivity contribution < 1.29 is 39.2 Å². The molecule has 10 rings (SSSR count). The largest absolute Gasteiger partial charge is 0.508 e. The summed E-state index contributed by atoms with van der Waals surface area (Å²) >= 11 is 0. The van der Waals surface area contributed by atoms with Crippen molar-refractivity contribution in [3.63, 3.8) is 0 Å². The molecule has 0 aliphatic carbocycles. The zero-order chi connectivity index (χ0) is 49.2. The number of rotatable bonds is 12. The average molecular weight is 953 g/mol. The van der Waals surface area contributed by atoms with Gasteiger partial charge in [0.25, 0.3) is 5.56 Å². The second-order valence-corrected chi connectivity index (χ2v) is 19.0. The molecule has 364 valence electrons. The molecule has 0 saturated carbocycles. The number of carbonyl (C=O) groups is 3. The fraction of sp³-hybridized carbons (Fsp3) is 0.404. The summed E-state index contributed by atoms with van der Waals surface area (Å²) in [5, 5.41) is 38.8. The minimum atomic E-state index is -1.68. The molecule has 6 aromatic rings. The summed E-state index contributed by atoms with van der Waals surface area (Å²) in [5.74, 6) is -1.10. The number of anilines is 1. The molecule has 18 heteroatoms. The van der Waals surface area contributed by atoms with Gasteiger partial charge >= 0.3 is 11.7 Å². The van der Waals surface area contributed by atoms with Crippen molar-refractivity contribution in [1.29, 1.82) is 0 Å². The lowest BCUT2D eigenvalue weighted by Crippen LogP contribution is -2.51. The van der Waals surface area contributed by atoms with Gasteiger partial charge < -0.3 is 39.2 Å². The minimum absolute atomic E-state index is 0.0000636. The number of hydrogen-bond acceptors (Lipinski definition) is 14. The summed E-state index contributed by atoms with van der Waals surface area (Å²) in [6, 6.07) is 17.2. The van der Waals surface area contributed by atoms with Crippen LogP contribution in [0.1, 0.15) is 80.7 Å². The lowest BCUT2D eigenvalue weighted by molar-refractivity contribution is -0.182. The fourth-order valence-corrected chi connectivity index (χ4v) is 10.8. The van der Waals surface area contributed by atoms with Gasteiger partial charge in [-0.05, 0) is 97.3 Å². The van der Waals surface area contributed by atoms with E-state index in [9.17, 15) is 39.3 Å². The van der Waals surface area contributed by atoms with Crippen molar-refractivity contribution >= 4 is 34.3 Å². The second-order valence-electron chi connectivity index (χ2n) is 19.0. The molecule has 0 bridgehead atoms. The Morgan fingerprint density at radius 1 is 0.886 bits per heavy atom. The molecule has 1 atom stereocenters. The van der Waals surface area contributed by atoms with Gasteiger partial charge in [-0.3, -0.25) is 19.3 Å². The van der Waals surface area contributed by atoms with Crippen molar-refractivity contribution in [2.45, 2.75) is 78.0 Å². The number of phenols is 3. The van der Waals surface area contributed by atoms with Gasteiger partial charge in [-0.25, -0.2) is 24.2 Å². The number of aryl methyl sites for hydroxylation is 1. The number of aromatic amines is 1. The van der Waals surface area contributed by atoms with E-state index in [-0.39, 0.29) is 78.3 Å². The van der Waals surface area contributed by atoms with Crippen LogP contribution in [0, 0.1) is 5.92 Å². The Labute approximate surface area is 402 Å². The first-order valence-corrected chi connectivity index (χ1v) is 24.0. The molecule has 4 aliphatic rings. The number of ketones is 1. The third kappa shape index (κ3) is 7.97. The van der Waals surface area contributed by atoms with E-state index in [0.717, 1.165) is 22.2 Å². The summed E-state index contributed by atoms with van der Waals surface area (Å²) in [5.41, 5.74) is 4.44. The maximum atomic E-state index is 14.2. The molecule has 2 saturated heterocycles. The van der Waals surface area contributed by atoms with Crippen LogP contribution in [0.3, 0.4) is 0 Å². The van der Waals surface area contributed by atoms with Crippen LogP contribution in [0.15, 0.2) is 70.3 Å². The molecule has 70 heavy (non-hydrogen) atoms. The topological polar surface area (TPSA) is 226 Å². The van der Waals surface area contributed by atoms with E-state index < -0.39 is 17.3 Å². The molecule has 4 aliphatic heterocycles. The van der Waals surface area contributed by atoms with Crippen LogP contribution in [-0.4, -0.2) is 120 Å². The van der Waals surface area contributed by atoms with Gasteiger partial charge in [0.1, 0.15) is 30.5 Å². The Morgan fingerprint density at radius 2 is 1.61 bits per heavy atom. The maximum Gasteiger partial charge on any atom is 0.348 e. The van der Waals surface area contributed by atoms with Gasteiger partial charge in [-0.15, -0.1) is 0 Å². The third-order valence-corrected chi connectivity index (χ3v) is 14.8. The van der Waals surface area contributed by atoms with E-state index >= 15 is 0 Å². The molecule has 2 fully saturated rings. The quantitative estimate of drug-likeness (QED) is 0.117. The molecule has 1 unspecified atom stereocenters. The predicted octanol–water partition coefficient (Wildman–Crippen LogP) is 5.08. The highest BCUT2D eigenvalue weighted by Gasteiger charge is 2.49. The van der Waals surface area contributed by atoms with Crippen molar-refractivity contribution in [2.24, 2.45) is 5.92 Å². The standard InChI is InChI=1S/C52H56N8O10/c1-5-34-36-21-33(61)11-12-41(36)53-47-38(34)25-59-42(47)23-40-39(49(59)66)27-69-50(67)52(40,6-2)70-28-45(64)30-13-15-58(16-14-30)46(65)26-56-17-19-57(20-18-56)31-7-9-32(10-8-31)60-48(54-55-51(60)68)37-22-35(29(3)4)43(62)24-44(37)63/h7-12,21-24,29-30,61-63H,5-6,13-20,25-28H2,1-4H3,(H,55,68). The van der Waals surface area contributed by atoms with Crippen LogP contribution in [0.4, 0.5) is 5.69 Å². The number of phenolic OH excluding ortho intramolecular Hbond substituents is 3. The SMILES string of the molecule is CCc1c2c(nc3ccc(O)cc13)-c1cc3c(c(=O)n1C2)COC(=O)C3(CC)OCC(=O)C1CCN(C(=O)CN2CCN(c3ccc(-n4c(-c5cc(C(C)C)c(O)cc5O)n[nH]c4=O)cc3)CC2)CC1. The van der Waals surface area contributed by atoms with Crippen LogP contribution >= 0.6 is 0 Å². The molecule has 1 amide bonds. The van der Waals surface area contributed by atoms with Crippen LogP contribution in [0.25, 0.3) is 39.4 Å². The number of nitrogens with zero attached hydrogens (tertiary/aromatic N) is 7. The number of nitrogens with one attached hydrogen (secondary N) is 1. The number of piperidine rings is 1. The van der Waals surface area contributed by atoms with Crippen LogP contribution in [0.5, 0.6) is 17.2 Å². The fourth-order valence-electron chi connectivity index (χ4n) is 10.8. The third-order valence-electron chi connectivity index (χ3n) is 14.8. The van der Waals surface area contributed by atoms with E-state index in [1.165, 1.54) is 10.6 Å². The Hall–Kier alpha value is -7.31. The number of ether oxygens (including phenoxy) is 2. The highest BCUT2D eigenvalue weighted by Crippen LogP contribution is 2.43. The molecule has 3 aromatic heterocycles. The number of cyclic esters (lactones) is 1. The molecule has 0 spiro atoms. The lowest BCUT2D eigenvalue weighted by atomic mass is 9.85. The monoisotopic (exact) mass is 952 g/mol. The zero-order valence-electron chi connectivity index (χ0n) is 39.7. The summed E-state index contributed by atoms with van der Waals surface area (Å²) in [4.78, 5) is 79.2. The molecular formula is C52H56N8O10. The highest BCUT2D eigenvalue weighted by atomic mass is 16.6. The van der Waals surface area contributed by atoms with E-state index in [0.29, 0.717) is 110 Å². The van der Waals surface area contributed by atoms with Gasteiger partial charge in [-0.2, -0.15) is 5.10 Å². The van der Waals surface area contributed by atoms with Crippen LogP contribution in [-0.2, 0) is 49.0 Å². The molecular weight excluding hydrogens is 897 g/mol. The van der Waals surface area contributed by atoms with E-state index in [1.807, 2.05) is 45.0 Å². The van der Waals surface area contributed by atoms with Crippen LogP contribution < -0.4 is 16.1 Å². The number of esters is 1. The minimum Gasteiger partial charge on any atom is -0.508 e. The zero-order valence-corrected chi connectivity index (χ0v) is 39.7. The second kappa shape index (κ2) is 18.2. The number of H-pyrrole nitrogens is 1. The number of pyridine rings is 2. The predicted molar refractivity (Wildman–Crippen MR) is 259 cm³/mol. The van der Waals surface area contributed by atoms with Crippen molar-refractivity contribution in [3.8, 4) is 45.7 Å². The number of fused-ring (bicyclic) bond motifs is 5. The van der Waals surface area contributed by atoms with Crippen molar-refractivity contribution in [1.82, 2.24) is 34.1 Å². The van der Waals surface area contributed by atoms with Crippen molar-refractivity contribution in [3.05, 3.63) is 109 Å². The number of benzene rings is 3. The first kappa shape index (κ1) is 46.4. The Morgan fingerprint density at radius 3 is 2.31 bits per heavy atom. The molecule has 4 N–H and O–H groups in total. The van der Waals surface area contributed by atoms with E-state index in [4.69, 9.17) is 14.5 Å². The highest BCUT2D eigenvalue weighted by molar-refractivity contribution is 5.90. The van der Waals surface area contributed by atoms with Crippen LogP contribution in [0.2, 0.25) is 0 Å². The summed E-state index contributed by atoms with van der Waals surface area (Å²) in [6.45, 7) is 11.1. The Kier molecular flexibility index (Phi) is 12.1. The van der Waals surface area contributed by atoms with Gasteiger partial charge in [-0.1, -0.05) is 27.7 Å². The van der Waals surface area contributed by atoms with Gasteiger partial charge in [0.2, 0.25) is 5.91 Å². The number of aromatic nitrogens is 5. The average Bonchev–Trinajstić information content (AvgIpc) is 3.93. The summed E-state index contributed by atoms with van der Waals surface area (Å²) in [6.07, 6.45) is 1.71. The number of aromatic hydroxyl groups is 3. The molecule has 0 radical (unpaired) electrons. The lowest BCUT2D eigenvalue weighted by Gasteiger charge is -2.38. The summed E-state index contributed by atoms with van der Waals surface area (Å²) in [7, 11) is 0. The molecule has 7 heterocycles. The van der Waals surface area contributed by atoms with Gasteiger partial charge in [0, 0.05) is 73.5 Å². The number of Topliss-reactive ketones (excluding diaryl/α,β-unsaturated/α-hetero) is 1. The van der Waals surface area contributed by atoms with Gasteiger partial charge in [0.05, 0.1) is 46.8 Å². The van der Waals surface area contributed by atoms with Gasteiger partial charge in [0.15, 0.2) is 17.2 Å². The number of hydrogen-bond donors (Lipinski definition) is 4. The number of piperazine rings is 1. The smallest absolute Gasteiger partial charge is 0.348 e. The number of likely N-dealkylation sites (tertiary alicyclic amines) is 1. The van der Waals surface area contributed by atoms with Crippen molar-refractivity contribution in [2.75, 3.05) is 57.3 Å². The maximum absolute atomic E-state index is 14.2.